The van der Waals surface area contributed by atoms with Crippen LogP contribution in [0.15, 0.2) is 6.07 Å². The minimum atomic E-state index is -1.63. The zero-order valence-corrected chi connectivity index (χ0v) is 8.73. The lowest BCUT2D eigenvalue weighted by Crippen LogP contribution is -2.30. The van der Waals surface area contributed by atoms with E-state index in [1.54, 1.807) is 6.07 Å². The number of benzene rings is 1. The Bertz CT molecular complexity index is 432. The molecule has 0 fully saturated rings. The van der Waals surface area contributed by atoms with Crippen LogP contribution in [0, 0.1) is 34.6 Å². The topological polar surface area (TPSA) is 45.0 Å². The van der Waals surface area contributed by atoms with E-state index < -0.39 is 41.7 Å². The highest BCUT2D eigenvalue weighted by Gasteiger charge is 2.21. The molecule has 0 saturated heterocycles. The second kappa shape index (κ2) is 5.50. The standard InChI is InChI=1S/C10H8F4N2O/c1-16-5(3-15)4-17-10-8(13)6(11)2-7(12)9(10)14/h2,5,16H,4H2,1H3. The summed E-state index contributed by atoms with van der Waals surface area (Å²) in [6.45, 7) is -0.441. The number of rotatable bonds is 4. The van der Waals surface area contributed by atoms with Gasteiger partial charge in [-0.2, -0.15) is 14.0 Å². The van der Waals surface area contributed by atoms with Crippen molar-refractivity contribution in [2.24, 2.45) is 0 Å². The van der Waals surface area contributed by atoms with Gasteiger partial charge in [0.05, 0.1) is 6.07 Å². The molecule has 17 heavy (non-hydrogen) atoms. The van der Waals surface area contributed by atoms with Crippen LogP contribution in [0.2, 0.25) is 0 Å². The van der Waals surface area contributed by atoms with Gasteiger partial charge in [-0.25, -0.2) is 8.78 Å². The molecule has 1 rings (SSSR count). The van der Waals surface area contributed by atoms with E-state index in [2.05, 4.69) is 10.1 Å². The molecule has 0 saturated carbocycles. The second-order valence-electron chi connectivity index (χ2n) is 3.08. The van der Waals surface area contributed by atoms with Crippen molar-refractivity contribution in [3.63, 3.8) is 0 Å². The van der Waals surface area contributed by atoms with Crippen molar-refractivity contribution in [1.82, 2.24) is 5.32 Å². The smallest absolute Gasteiger partial charge is 0.203 e. The van der Waals surface area contributed by atoms with E-state index in [4.69, 9.17) is 5.26 Å². The number of hydrogen-bond acceptors (Lipinski definition) is 3. The molecule has 1 aromatic rings. The predicted molar refractivity (Wildman–Crippen MR) is 50.2 cm³/mol. The number of hydrogen-bond donors (Lipinski definition) is 1. The van der Waals surface area contributed by atoms with Crippen LogP contribution < -0.4 is 10.1 Å². The van der Waals surface area contributed by atoms with E-state index in [9.17, 15) is 17.6 Å². The van der Waals surface area contributed by atoms with Gasteiger partial charge in [0, 0.05) is 6.07 Å². The zero-order valence-electron chi connectivity index (χ0n) is 8.73. The van der Waals surface area contributed by atoms with E-state index in [0.717, 1.165) is 0 Å². The van der Waals surface area contributed by atoms with Crippen molar-refractivity contribution in [1.29, 1.82) is 5.26 Å². The van der Waals surface area contributed by atoms with Gasteiger partial charge in [-0.3, -0.25) is 0 Å². The number of nitriles is 1. The van der Waals surface area contributed by atoms with E-state index in [0.29, 0.717) is 0 Å². The SMILES string of the molecule is CNC(C#N)COc1c(F)c(F)cc(F)c1F. The largest absolute Gasteiger partial charge is 0.485 e. The van der Waals surface area contributed by atoms with E-state index in [-0.39, 0.29) is 6.07 Å². The lowest BCUT2D eigenvalue weighted by atomic mass is 10.3. The Balaban J connectivity index is 2.95. The van der Waals surface area contributed by atoms with Gasteiger partial charge in [0.2, 0.25) is 11.6 Å². The van der Waals surface area contributed by atoms with Crippen LogP contribution in [-0.2, 0) is 0 Å². The van der Waals surface area contributed by atoms with Crippen molar-refractivity contribution < 1.29 is 22.3 Å². The summed E-state index contributed by atoms with van der Waals surface area (Å²) in [5.74, 6) is -7.54. The lowest BCUT2D eigenvalue weighted by molar-refractivity contribution is 0.256. The van der Waals surface area contributed by atoms with Gasteiger partial charge in [-0.05, 0) is 7.05 Å². The lowest BCUT2D eigenvalue weighted by Gasteiger charge is -2.12. The molecule has 3 nitrogen and oxygen atoms in total. The first kappa shape index (κ1) is 13.3. The second-order valence-corrected chi connectivity index (χ2v) is 3.08. The molecular formula is C10H8F4N2O. The highest BCUT2D eigenvalue weighted by molar-refractivity contribution is 5.28. The fraction of sp³-hybridized carbons (Fsp3) is 0.300. The number of halogens is 4. The van der Waals surface area contributed by atoms with Gasteiger partial charge < -0.3 is 10.1 Å². The van der Waals surface area contributed by atoms with Gasteiger partial charge in [0.1, 0.15) is 12.6 Å². The third-order valence-electron chi connectivity index (χ3n) is 1.97. The molecule has 0 aliphatic heterocycles. The monoisotopic (exact) mass is 248 g/mol. The molecule has 0 radical (unpaired) electrons. The summed E-state index contributed by atoms with van der Waals surface area (Å²) in [5, 5.41) is 11.0. The Hall–Kier alpha value is -1.81. The fourth-order valence-corrected chi connectivity index (χ4v) is 1.03. The summed E-state index contributed by atoms with van der Waals surface area (Å²) < 4.78 is 56.3. The molecule has 1 aromatic carbocycles. The van der Waals surface area contributed by atoms with Crippen LogP contribution >= 0.6 is 0 Å². The minimum Gasteiger partial charge on any atom is -0.485 e. The van der Waals surface area contributed by atoms with Gasteiger partial charge in [-0.1, -0.05) is 0 Å². The third-order valence-corrected chi connectivity index (χ3v) is 1.97. The van der Waals surface area contributed by atoms with Crippen molar-refractivity contribution in [3.8, 4) is 11.8 Å². The molecule has 92 valence electrons. The van der Waals surface area contributed by atoms with Crippen LogP contribution in [0.4, 0.5) is 17.6 Å². The molecule has 0 spiro atoms. The summed E-state index contributed by atoms with van der Waals surface area (Å²) in [4.78, 5) is 0. The number of ether oxygens (including phenoxy) is 1. The first-order valence-corrected chi connectivity index (χ1v) is 4.54. The van der Waals surface area contributed by atoms with Crippen molar-refractivity contribution in [2.75, 3.05) is 13.7 Å². The molecular weight excluding hydrogens is 240 g/mol. The average molecular weight is 248 g/mol. The van der Waals surface area contributed by atoms with Crippen LogP contribution in [0.5, 0.6) is 5.75 Å². The molecule has 0 aromatic heterocycles. The van der Waals surface area contributed by atoms with Crippen LogP contribution in [0.1, 0.15) is 0 Å². The van der Waals surface area contributed by atoms with Crippen LogP contribution in [-0.4, -0.2) is 19.7 Å². The molecule has 0 aliphatic carbocycles. The van der Waals surface area contributed by atoms with Gasteiger partial charge >= 0.3 is 0 Å². The maximum Gasteiger partial charge on any atom is 0.203 e. The summed E-state index contributed by atoms with van der Waals surface area (Å²) in [6, 6.07) is 0.955. The predicted octanol–water partition coefficient (Wildman–Crippen LogP) is 1.73. The van der Waals surface area contributed by atoms with E-state index in [1.165, 1.54) is 7.05 Å². The Morgan fingerprint density at radius 3 is 2.24 bits per heavy atom. The quantitative estimate of drug-likeness (QED) is 0.652. The van der Waals surface area contributed by atoms with Gasteiger partial charge in [0.25, 0.3) is 0 Å². The van der Waals surface area contributed by atoms with Gasteiger partial charge in [-0.15, -0.1) is 0 Å². The first-order chi connectivity index (χ1) is 8.01. The fourth-order valence-electron chi connectivity index (χ4n) is 1.03. The zero-order chi connectivity index (χ0) is 13.0. The normalized spacial score (nSPS) is 12.0. The van der Waals surface area contributed by atoms with E-state index >= 15 is 0 Å². The van der Waals surface area contributed by atoms with Gasteiger partial charge in [0.15, 0.2) is 17.4 Å². The van der Waals surface area contributed by atoms with Crippen LogP contribution in [0.3, 0.4) is 0 Å². The minimum absolute atomic E-state index is 0.0807. The molecule has 0 heterocycles. The Morgan fingerprint density at radius 2 is 1.82 bits per heavy atom. The molecule has 7 heteroatoms. The average Bonchev–Trinajstić information content (AvgIpc) is 2.31. The number of nitrogens with zero attached hydrogens (tertiary/aromatic N) is 1. The number of likely N-dealkylation sites (N-methyl/N-ethyl adjacent to an activating group) is 1. The molecule has 0 bridgehead atoms. The van der Waals surface area contributed by atoms with Crippen molar-refractivity contribution in [2.45, 2.75) is 6.04 Å². The van der Waals surface area contributed by atoms with E-state index in [1.807, 2.05) is 0 Å². The summed E-state index contributed by atoms with van der Waals surface area (Å²) in [6.07, 6.45) is 0. The maximum absolute atomic E-state index is 13.1. The summed E-state index contributed by atoms with van der Waals surface area (Å²) in [5.41, 5.74) is 0. The molecule has 1 N–H and O–H groups in total. The number of nitrogens with one attached hydrogen (secondary N) is 1. The Kier molecular flexibility index (Phi) is 4.29. The molecule has 0 amide bonds. The van der Waals surface area contributed by atoms with Crippen LogP contribution in [0.25, 0.3) is 0 Å². The maximum atomic E-state index is 13.1. The summed E-state index contributed by atoms with van der Waals surface area (Å²) >= 11 is 0. The van der Waals surface area contributed by atoms with Crippen molar-refractivity contribution in [3.05, 3.63) is 29.3 Å². The third kappa shape index (κ3) is 2.85. The highest BCUT2D eigenvalue weighted by atomic mass is 19.2. The molecule has 1 atom stereocenters. The molecule has 1 unspecified atom stereocenters. The Morgan fingerprint density at radius 1 is 1.29 bits per heavy atom. The molecule has 0 aliphatic rings. The highest BCUT2D eigenvalue weighted by Crippen LogP contribution is 2.26. The first-order valence-electron chi connectivity index (χ1n) is 4.54. The Labute approximate surface area is 94.6 Å². The summed E-state index contributed by atoms with van der Waals surface area (Å²) in [7, 11) is 1.43. The van der Waals surface area contributed by atoms with Crippen molar-refractivity contribution >= 4 is 0 Å².